The van der Waals surface area contributed by atoms with Gasteiger partial charge < -0.3 is 4.74 Å². The lowest BCUT2D eigenvalue weighted by molar-refractivity contribution is -0.185. The molecule has 0 atom stereocenters. The van der Waals surface area contributed by atoms with E-state index in [4.69, 9.17) is 4.74 Å². The summed E-state index contributed by atoms with van der Waals surface area (Å²) in [6.07, 6.45) is 5.96. The number of rotatable bonds is 8. The van der Waals surface area contributed by atoms with Gasteiger partial charge in [-0.3, -0.25) is 0 Å². The van der Waals surface area contributed by atoms with Crippen molar-refractivity contribution in [3.05, 3.63) is 65.2 Å². The fourth-order valence-corrected chi connectivity index (χ4v) is 6.17. The summed E-state index contributed by atoms with van der Waals surface area (Å²) in [4.78, 5) is 0. The van der Waals surface area contributed by atoms with Gasteiger partial charge in [-0.05, 0) is 104 Å². The molecule has 0 aliphatic heterocycles. The number of hydrogen-bond acceptors (Lipinski definition) is 1. The summed E-state index contributed by atoms with van der Waals surface area (Å²) in [5.74, 6) is 3.15. The summed E-state index contributed by atoms with van der Waals surface area (Å²) in [5.41, 5.74) is -0.205. The molecule has 6 heteroatoms. The first-order valence-corrected chi connectivity index (χ1v) is 13.5. The van der Waals surface area contributed by atoms with Crippen LogP contribution < -0.4 is 4.74 Å². The third-order valence-electron chi connectivity index (χ3n) is 8.59. The summed E-state index contributed by atoms with van der Waals surface area (Å²) in [7, 11) is 0. The SMILES string of the molecule is CC[C@H]1CC[C@H]([C@H]2CC[C@H](CCc3ccc(C(F)(F)Oc4ccc(C(F)(F)F)cc4)cc3)CC2)CC1. The summed E-state index contributed by atoms with van der Waals surface area (Å²) >= 11 is 0. The summed E-state index contributed by atoms with van der Waals surface area (Å²) in [5, 5.41) is 0. The Labute approximate surface area is 211 Å². The van der Waals surface area contributed by atoms with E-state index in [-0.39, 0.29) is 11.3 Å². The highest BCUT2D eigenvalue weighted by Crippen LogP contribution is 2.43. The molecule has 2 aromatic carbocycles. The molecule has 36 heavy (non-hydrogen) atoms. The molecule has 2 aliphatic rings. The van der Waals surface area contributed by atoms with E-state index in [0.717, 1.165) is 60.4 Å². The van der Waals surface area contributed by atoms with Crippen LogP contribution in [-0.4, -0.2) is 0 Å². The maximum atomic E-state index is 14.6. The zero-order valence-corrected chi connectivity index (χ0v) is 21.0. The first-order valence-electron chi connectivity index (χ1n) is 13.5. The predicted octanol–water partition coefficient (Wildman–Crippen LogP) is 9.79. The molecule has 0 unspecified atom stereocenters. The van der Waals surface area contributed by atoms with E-state index in [1.54, 1.807) is 12.1 Å². The number of aryl methyl sites for hydroxylation is 1. The normalized spacial score (nSPS) is 25.5. The van der Waals surface area contributed by atoms with E-state index in [0.29, 0.717) is 5.92 Å². The van der Waals surface area contributed by atoms with Crippen molar-refractivity contribution in [3.63, 3.8) is 0 Å². The Bertz CT molecular complexity index is 935. The molecule has 0 heterocycles. The van der Waals surface area contributed by atoms with E-state index in [1.165, 1.54) is 69.9 Å². The topological polar surface area (TPSA) is 9.23 Å². The van der Waals surface area contributed by atoms with Crippen LogP contribution in [0.4, 0.5) is 22.0 Å². The van der Waals surface area contributed by atoms with E-state index in [9.17, 15) is 22.0 Å². The Morgan fingerprint density at radius 1 is 0.667 bits per heavy atom. The maximum absolute atomic E-state index is 14.6. The average Bonchev–Trinajstić information content (AvgIpc) is 2.88. The molecule has 0 radical (unpaired) electrons. The molecule has 1 nitrogen and oxygen atoms in total. The summed E-state index contributed by atoms with van der Waals surface area (Å²) in [6.45, 7) is 2.31. The highest BCUT2D eigenvalue weighted by Gasteiger charge is 2.35. The molecule has 0 spiro atoms. The van der Waals surface area contributed by atoms with Crippen molar-refractivity contribution in [1.82, 2.24) is 0 Å². The Hall–Kier alpha value is -2.11. The summed E-state index contributed by atoms with van der Waals surface area (Å²) < 4.78 is 71.9. The van der Waals surface area contributed by atoms with Crippen LogP contribution in [0.1, 0.15) is 87.8 Å². The molecule has 2 saturated carbocycles. The van der Waals surface area contributed by atoms with Gasteiger partial charge in [0.05, 0.1) is 11.1 Å². The second-order valence-electron chi connectivity index (χ2n) is 10.8. The Morgan fingerprint density at radius 2 is 1.17 bits per heavy atom. The second kappa shape index (κ2) is 11.5. The number of alkyl halides is 5. The van der Waals surface area contributed by atoms with Gasteiger partial charge in [-0.2, -0.15) is 22.0 Å². The molecule has 0 bridgehead atoms. The molecule has 0 amide bonds. The van der Waals surface area contributed by atoms with Crippen molar-refractivity contribution in [3.8, 4) is 5.75 Å². The van der Waals surface area contributed by atoms with E-state index in [2.05, 4.69) is 6.92 Å². The number of ether oxygens (including phenoxy) is 1. The van der Waals surface area contributed by atoms with Gasteiger partial charge in [-0.1, -0.05) is 51.2 Å². The lowest BCUT2D eigenvalue weighted by atomic mass is 9.68. The fourth-order valence-electron chi connectivity index (χ4n) is 6.17. The van der Waals surface area contributed by atoms with Crippen LogP contribution in [0.3, 0.4) is 0 Å². The highest BCUT2D eigenvalue weighted by molar-refractivity contribution is 5.31. The van der Waals surface area contributed by atoms with Crippen LogP contribution >= 0.6 is 0 Å². The van der Waals surface area contributed by atoms with Gasteiger partial charge in [0.15, 0.2) is 0 Å². The molecule has 2 aromatic rings. The lowest BCUT2D eigenvalue weighted by Crippen LogP contribution is -2.25. The predicted molar refractivity (Wildman–Crippen MR) is 132 cm³/mol. The van der Waals surface area contributed by atoms with Crippen molar-refractivity contribution >= 4 is 0 Å². The molecule has 0 N–H and O–H groups in total. The van der Waals surface area contributed by atoms with Gasteiger partial charge in [-0.15, -0.1) is 0 Å². The van der Waals surface area contributed by atoms with Crippen LogP contribution in [0, 0.1) is 23.7 Å². The third-order valence-corrected chi connectivity index (χ3v) is 8.59. The first-order chi connectivity index (χ1) is 17.1. The van der Waals surface area contributed by atoms with E-state index >= 15 is 0 Å². The molecule has 4 rings (SSSR count). The largest absolute Gasteiger partial charge is 0.429 e. The maximum Gasteiger partial charge on any atom is 0.426 e. The third kappa shape index (κ3) is 7.01. The van der Waals surface area contributed by atoms with Crippen LogP contribution in [0.25, 0.3) is 0 Å². The molecule has 2 aliphatic carbocycles. The Balaban J connectivity index is 1.23. The number of hydrogen-bond donors (Lipinski definition) is 0. The molecule has 0 saturated heterocycles. The van der Waals surface area contributed by atoms with Crippen LogP contribution in [0.15, 0.2) is 48.5 Å². The van der Waals surface area contributed by atoms with E-state index in [1.807, 2.05) is 0 Å². The van der Waals surface area contributed by atoms with Gasteiger partial charge in [0.25, 0.3) is 0 Å². The van der Waals surface area contributed by atoms with E-state index < -0.39 is 17.8 Å². The minimum atomic E-state index is -4.52. The van der Waals surface area contributed by atoms with Gasteiger partial charge in [0.1, 0.15) is 5.75 Å². The molecular formula is C30H37F5O. The second-order valence-corrected chi connectivity index (χ2v) is 10.8. The zero-order chi connectivity index (χ0) is 25.8. The van der Waals surface area contributed by atoms with Crippen LogP contribution in [0.5, 0.6) is 5.75 Å². The van der Waals surface area contributed by atoms with Crippen molar-refractivity contribution in [2.24, 2.45) is 23.7 Å². The quantitative estimate of drug-likeness (QED) is 0.323. The number of benzene rings is 2. The van der Waals surface area contributed by atoms with Crippen molar-refractivity contribution < 1.29 is 26.7 Å². The van der Waals surface area contributed by atoms with Gasteiger partial charge in [0, 0.05) is 0 Å². The molecule has 198 valence electrons. The van der Waals surface area contributed by atoms with Crippen molar-refractivity contribution in [2.75, 3.05) is 0 Å². The minimum absolute atomic E-state index is 0.314. The summed E-state index contributed by atoms with van der Waals surface area (Å²) in [6, 6.07) is 9.41. The molecular weight excluding hydrogens is 471 g/mol. The van der Waals surface area contributed by atoms with Crippen LogP contribution in [0.2, 0.25) is 0 Å². The lowest BCUT2D eigenvalue weighted by Gasteiger charge is -2.37. The average molecular weight is 509 g/mol. The Kier molecular flexibility index (Phi) is 8.62. The van der Waals surface area contributed by atoms with Gasteiger partial charge >= 0.3 is 12.3 Å². The van der Waals surface area contributed by atoms with Gasteiger partial charge in [-0.25, -0.2) is 0 Å². The van der Waals surface area contributed by atoms with Crippen molar-refractivity contribution in [1.29, 1.82) is 0 Å². The fraction of sp³-hybridized carbons (Fsp3) is 0.600. The minimum Gasteiger partial charge on any atom is -0.429 e. The van der Waals surface area contributed by atoms with Crippen LogP contribution in [-0.2, 0) is 18.7 Å². The zero-order valence-electron chi connectivity index (χ0n) is 21.0. The molecule has 2 fully saturated rings. The number of halogens is 5. The smallest absolute Gasteiger partial charge is 0.426 e. The highest BCUT2D eigenvalue weighted by atomic mass is 19.4. The standard InChI is InChI=1S/C30H37F5O/c1-2-21-5-11-24(12-6-21)25-13-7-22(8-14-25)3-4-23-9-15-27(16-10-23)30(34,35)36-28-19-17-26(18-20-28)29(31,32)33/h9-10,15-22,24-25H,2-8,11-14H2,1H3/t21-,22-,24-,25-. The van der Waals surface area contributed by atoms with Crippen molar-refractivity contribution in [2.45, 2.75) is 89.8 Å². The molecule has 0 aromatic heterocycles. The Morgan fingerprint density at radius 3 is 1.67 bits per heavy atom. The van der Waals surface area contributed by atoms with Gasteiger partial charge in [0.2, 0.25) is 0 Å². The monoisotopic (exact) mass is 508 g/mol. The first kappa shape index (κ1) is 26.9.